The number of para-hydroxylation sites is 1. The van der Waals surface area contributed by atoms with E-state index in [1.807, 2.05) is 66.5 Å². The van der Waals surface area contributed by atoms with Gasteiger partial charge in [0.1, 0.15) is 6.61 Å². The van der Waals surface area contributed by atoms with E-state index in [4.69, 9.17) is 9.26 Å². The van der Waals surface area contributed by atoms with E-state index in [0.29, 0.717) is 6.61 Å². The minimum absolute atomic E-state index is 0.0797. The molecule has 0 radical (unpaired) electrons. The first-order valence-electron chi connectivity index (χ1n) is 14.7. The second-order valence-electron chi connectivity index (χ2n) is 11.5. The molecule has 0 spiro atoms. The molecule has 1 saturated heterocycles. The quantitative estimate of drug-likeness (QED) is 0.265. The van der Waals surface area contributed by atoms with E-state index in [1.54, 1.807) is 0 Å². The summed E-state index contributed by atoms with van der Waals surface area (Å²) in [6.07, 6.45) is 4.84. The molecule has 1 aliphatic carbocycles. The van der Waals surface area contributed by atoms with E-state index in [-0.39, 0.29) is 17.6 Å². The van der Waals surface area contributed by atoms with Crippen molar-refractivity contribution < 1.29 is 14.1 Å². The van der Waals surface area contributed by atoms with Gasteiger partial charge in [0.15, 0.2) is 11.4 Å². The number of carbonyl (C=O) groups is 1. The molecule has 1 aromatic heterocycles. The summed E-state index contributed by atoms with van der Waals surface area (Å²) in [4.78, 5) is 19.6. The predicted octanol–water partition coefficient (Wildman–Crippen LogP) is 6.09. The molecule has 2 aliphatic rings. The molecule has 3 aromatic carbocycles. The largest absolute Gasteiger partial charge is 0.445 e. The van der Waals surface area contributed by atoms with E-state index in [0.717, 1.165) is 87.2 Å². The molecule has 6 rings (SSSR count). The van der Waals surface area contributed by atoms with Crippen molar-refractivity contribution >= 4 is 22.9 Å². The summed E-state index contributed by atoms with van der Waals surface area (Å²) < 4.78 is 11.2. The van der Waals surface area contributed by atoms with Gasteiger partial charge in [-0.05, 0) is 85.5 Å². The second-order valence-corrected chi connectivity index (χ2v) is 11.5. The number of hydrogen-bond donors (Lipinski definition) is 0. The molecular weight excluding hydrogens is 512 g/mol. The summed E-state index contributed by atoms with van der Waals surface area (Å²) in [5.74, 6) is 0.956. The normalized spacial score (nSPS) is 21.4. The summed E-state index contributed by atoms with van der Waals surface area (Å²) in [6.45, 7) is 5.24. The Morgan fingerprint density at radius 3 is 2.54 bits per heavy atom. The number of carbonyl (C=O) groups excluding carboxylic acids is 1. The maximum absolute atomic E-state index is 12.8. The Bertz CT molecular complexity index is 1410. The molecule has 0 unspecified atom stereocenters. The molecule has 0 atom stereocenters. The fourth-order valence-electron chi connectivity index (χ4n) is 6.53. The van der Waals surface area contributed by atoms with E-state index in [2.05, 4.69) is 45.3 Å². The number of ether oxygens (including phenoxy) is 1. The number of benzene rings is 2. The van der Waals surface area contributed by atoms with Crippen LogP contribution in [0.2, 0.25) is 0 Å². The van der Waals surface area contributed by atoms with Crippen molar-refractivity contribution in [1.29, 1.82) is 0 Å². The third-order valence-electron chi connectivity index (χ3n) is 9.16. The number of hydrogen-bond acceptors (Lipinski definition) is 6. The summed E-state index contributed by atoms with van der Waals surface area (Å²) in [6, 6.07) is 30.7. The lowest BCUT2D eigenvalue weighted by atomic mass is 9.66. The van der Waals surface area contributed by atoms with Crippen LogP contribution in [-0.2, 0) is 16.8 Å². The van der Waals surface area contributed by atoms with Crippen LogP contribution < -0.4 is 4.90 Å². The van der Waals surface area contributed by atoms with Crippen molar-refractivity contribution in [2.75, 3.05) is 44.7 Å². The van der Waals surface area contributed by atoms with Gasteiger partial charge in [0.25, 0.3) is 0 Å². The van der Waals surface area contributed by atoms with Crippen LogP contribution in [0.4, 0.5) is 10.6 Å². The molecule has 1 saturated carbocycles. The Morgan fingerprint density at radius 1 is 1.02 bits per heavy atom. The molecule has 1 amide bonds. The van der Waals surface area contributed by atoms with Gasteiger partial charge < -0.3 is 19.1 Å². The smallest absolute Gasteiger partial charge is 0.410 e. The van der Waals surface area contributed by atoms with E-state index in [9.17, 15) is 4.79 Å². The molecular formula is C34H38N4O3. The average Bonchev–Trinajstić information content (AvgIpc) is 3.48. The van der Waals surface area contributed by atoms with Crippen LogP contribution in [0.15, 0.2) is 77.3 Å². The number of rotatable bonds is 8. The van der Waals surface area contributed by atoms with Gasteiger partial charge in [-0.15, -0.1) is 0 Å². The van der Waals surface area contributed by atoms with Crippen LogP contribution in [0.5, 0.6) is 0 Å². The highest BCUT2D eigenvalue weighted by Crippen LogP contribution is 2.43. The van der Waals surface area contributed by atoms with E-state index >= 15 is 0 Å². The number of anilines is 1. The van der Waals surface area contributed by atoms with E-state index in [1.165, 1.54) is 5.56 Å². The molecule has 41 heavy (non-hydrogen) atoms. The molecule has 0 bridgehead atoms. The summed E-state index contributed by atoms with van der Waals surface area (Å²) in [7, 11) is 1.88. The standard InChI is InChI=1S/C34H38N4O3/c1-36(33(39)40-26-27-10-4-2-5-11-27)29-16-18-34(19-17-29,28-12-6-3-7-13-28)20-21-37-22-24-38(25-23-37)32-30-14-8-9-15-31(30)41-35-32/h2,4-6,8-15,29H,16-26H2,1H3. The van der Waals surface area contributed by atoms with Crippen molar-refractivity contribution in [3.8, 4) is 0 Å². The van der Waals surface area contributed by atoms with Gasteiger partial charge in [-0.2, -0.15) is 0 Å². The van der Waals surface area contributed by atoms with Gasteiger partial charge >= 0.3 is 6.09 Å². The third kappa shape index (κ3) is 6.03. The summed E-state index contributed by atoms with van der Waals surface area (Å²) in [5, 5.41) is 5.45. The van der Waals surface area contributed by atoms with Crippen molar-refractivity contribution in [1.82, 2.24) is 15.0 Å². The molecule has 2 fully saturated rings. The first kappa shape index (κ1) is 27.2. The zero-order valence-electron chi connectivity index (χ0n) is 23.8. The van der Waals surface area contributed by atoms with Crippen molar-refractivity contribution in [2.24, 2.45) is 0 Å². The highest BCUT2D eigenvalue weighted by molar-refractivity contribution is 5.88. The molecule has 7 heteroatoms. The van der Waals surface area contributed by atoms with Gasteiger partial charge in [-0.25, -0.2) is 4.79 Å². The molecule has 1 aliphatic heterocycles. The first-order chi connectivity index (χ1) is 20.1. The Labute approximate surface area is 242 Å². The van der Waals surface area contributed by atoms with Gasteiger partial charge in [0.2, 0.25) is 0 Å². The van der Waals surface area contributed by atoms with E-state index < -0.39 is 0 Å². The monoisotopic (exact) mass is 550 g/mol. The van der Waals surface area contributed by atoms with Crippen molar-refractivity contribution in [3.05, 3.63) is 96.1 Å². The molecule has 7 nitrogen and oxygen atoms in total. The average molecular weight is 551 g/mol. The van der Waals surface area contributed by atoms with Gasteiger partial charge in [-0.3, -0.25) is 4.90 Å². The molecule has 4 aromatic rings. The molecule has 2 heterocycles. The Morgan fingerprint density at radius 2 is 1.78 bits per heavy atom. The van der Waals surface area contributed by atoms with Crippen LogP contribution >= 0.6 is 0 Å². The Kier molecular flexibility index (Phi) is 8.11. The van der Waals surface area contributed by atoms with Crippen LogP contribution in [-0.4, -0.2) is 66.9 Å². The first-order valence-corrected chi connectivity index (χ1v) is 14.7. The van der Waals surface area contributed by atoms with Crippen molar-refractivity contribution in [2.45, 2.75) is 50.2 Å². The minimum atomic E-state index is -0.244. The maximum Gasteiger partial charge on any atom is 0.410 e. The highest BCUT2D eigenvalue weighted by atomic mass is 16.6. The number of aromatic nitrogens is 1. The number of piperazine rings is 1. The zero-order chi connectivity index (χ0) is 28.1. The SMILES string of the molecule is CN(C(=O)OCc1ccccc1)C1CCC(CCN2CCN(c3noc4ccccc34)CC2)(c2cc#ccc2)CC1. The predicted molar refractivity (Wildman–Crippen MR) is 160 cm³/mol. The summed E-state index contributed by atoms with van der Waals surface area (Å²) >= 11 is 0. The van der Waals surface area contributed by atoms with Crippen molar-refractivity contribution in [3.63, 3.8) is 0 Å². The third-order valence-corrected chi connectivity index (χ3v) is 9.16. The van der Waals surface area contributed by atoms with Crippen LogP contribution in [0.1, 0.15) is 43.2 Å². The highest BCUT2D eigenvalue weighted by Gasteiger charge is 2.39. The zero-order valence-corrected chi connectivity index (χ0v) is 23.8. The lowest BCUT2D eigenvalue weighted by molar-refractivity contribution is 0.0735. The van der Waals surface area contributed by atoms with Crippen LogP contribution in [0.3, 0.4) is 0 Å². The lowest BCUT2D eigenvalue weighted by Crippen LogP contribution is -2.49. The molecule has 212 valence electrons. The second kappa shape index (κ2) is 12.2. The topological polar surface area (TPSA) is 62.1 Å². The van der Waals surface area contributed by atoms with Gasteiger partial charge in [0, 0.05) is 39.3 Å². The van der Waals surface area contributed by atoms with Crippen LogP contribution in [0, 0.1) is 12.1 Å². The lowest BCUT2D eigenvalue weighted by Gasteiger charge is -2.44. The number of amides is 1. The van der Waals surface area contributed by atoms with Gasteiger partial charge in [-0.1, -0.05) is 59.8 Å². The van der Waals surface area contributed by atoms with Gasteiger partial charge in [0.05, 0.1) is 5.39 Å². The number of fused-ring (bicyclic) bond motifs is 1. The minimum Gasteiger partial charge on any atom is -0.445 e. The fourth-order valence-corrected chi connectivity index (χ4v) is 6.53. The Balaban J connectivity index is 1.05. The fraction of sp³-hybridized carbons (Fsp3) is 0.412. The number of nitrogens with zero attached hydrogens (tertiary/aromatic N) is 4. The molecule has 0 N–H and O–H groups in total. The van der Waals surface area contributed by atoms with Crippen LogP contribution in [0.25, 0.3) is 11.0 Å². The summed E-state index contributed by atoms with van der Waals surface area (Å²) in [5.41, 5.74) is 3.27. The Hall–Kier alpha value is -4.02. The maximum atomic E-state index is 12.8.